The van der Waals surface area contributed by atoms with Gasteiger partial charge in [-0.3, -0.25) is 19.2 Å². The summed E-state index contributed by atoms with van der Waals surface area (Å²) < 4.78 is 0. The first kappa shape index (κ1) is 52.4. The number of carbonyl (C=O) groups is 4. The molecule has 3 aliphatic heterocycles. The maximum Gasteiger partial charge on any atom is 0.256 e. The number of hydrogen-bond acceptors (Lipinski definition) is 10. The number of piperazine rings is 1. The van der Waals surface area contributed by atoms with Crippen LogP contribution in [0.2, 0.25) is 0 Å². The Hall–Kier alpha value is -8.02. The summed E-state index contributed by atoms with van der Waals surface area (Å²) >= 11 is 3.20. The first-order valence-electron chi connectivity index (χ1n) is 26.0. The summed E-state index contributed by atoms with van der Waals surface area (Å²) in [5.74, 6) is -0.374. The van der Waals surface area contributed by atoms with E-state index in [1.54, 1.807) is 22.7 Å². The Labute approximate surface area is 457 Å². The third-order valence-corrected chi connectivity index (χ3v) is 16.4. The molecule has 0 saturated carbocycles. The minimum atomic E-state index is -0.165. The predicted molar refractivity (Wildman–Crippen MR) is 313 cm³/mol. The zero-order chi connectivity index (χ0) is 53.9. The zero-order valence-electron chi connectivity index (χ0n) is 44.4. The van der Waals surface area contributed by atoms with Gasteiger partial charge in [0.2, 0.25) is 0 Å². The van der Waals surface area contributed by atoms with Crippen molar-refractivity contribution in [2.24, 2.45) is 0 Å². The summed E-state index contributed by atoms with van der Waals surface area (Å²) in [7, 11) is 2.07. The molecule has 8 aromatic rings. The lowest BCUT2D eigenvalue weighted by Crippen LogP contribution is -2.47. The molecule has 0 unspecified atom stereocenters. The van der Waals surface area contributed by atoms with Crippen LogP contribution in [0.4, 0.5) is 11.4 Å². The van der Waals surface area contributed by atoms with Gasteiger partial charge >= 0.3 is 0 Å². The molecule has 0 aliphatic carbocycles. The number of nitrogens with zero attached hydrogens (tertiary/aromatic N) is 5. The van der Waals surface area contributed by atoms with Crippen LogP contribution in [0, 0.1) is 27.7 Å². The van der Waals surface area contributed by atoms with E-state index in [9.17, 15) is 19.2 Å². The number of aryl methyl sites for hydroxylation is 2. The molecule has 392 valence electrons. The molecule has 7 heterocycles. The lowest BCUT2D eigenvalue weighted by molar-refractivity contribution is -0.111. The summed E-state index contributed by atoms with van der Waals surface area (Å²) in [4.78, 5) is 75.1. The van der Waals surface area contributed by atoms with Gasteiger partial charge in [-0.15, -0.1) is 22.7 Å². The third-order valence-electron chi connectivity index (χ3n) is 14.6. The average Bonchev–Trinajstić information content (AvgIpc) is 4.36. The number of aromatic amines is 2. The monoisotopic (exact) mass is 1060 g/mol. The highest BCUT2D eigenvalue weighted by atomic mass is 32.1. The number of thiazole rings is 2. The molecule has 16 heteroatoms. The molecule has 4 aromatic carbocycles. The maximum atomic E-state index is 13.3. The summed E-state index contributed by atoms with van der Waals surface area (Å²) in [5, 5.41) is 15.0. The van der Waals surface area contributed by atoms with E-state index in [1.807, 2.05) is 128 Å². The minimum absolute atomic E-state index is 0.0466. The molecule has 4 aromatic heterocycles. The lowest BCUT2D eigenvalue weighted by atomic mass is 10.0. The number of aromatic nitrogens is 4. The van der Waals surface area contributed by atoms with Crippen molar-refractivity contribution in [3.05, 3.63) is 164 Å². The first-order valence-corrected chi connectivity index (χ1v) is 27.8. The Balaban J connectivity index is 0.000000175. The second-order valence-corrected chi connectivity index (χ2v) is 21.3. The van der Waals surface area contributed by atoms with Crippen LogP contribution in [0.3, 0.4) is 0 Å². The van der Waals surface area contributed by atoms with Crippen LogP contribution in [-0.2, 0) is 9.59 Å². The van der Waals surface area contributed by atoms with Crippen molar-refractivity contribution in [3.63, 3.8) is 0 Å². The fourth-order valence-corrected chi connectivity index (χ4v) is 11.8. The predicted octanol–water partition coefficient (Wildman–Crippen LogP) is 11.3. The Morgan fingerprint density at radius 1 is 0.636 bits per heavy atom. The number of nitrogens with one attached hydrogen (secondary N) is 5. The fourth-order valence-electron chi connectivity index (χ4n) is 10.1. The van der Waals surface area contributed by atoms with Crippen molar-refractivity contribution in [1.82, 2.24) is 40.0 Å². The number of amides is 4. The second-order valence-electron chi connectivity index (χ2n) is 19.6. The largest absolute Gasteiger partial charge is 0.358 e. The third kappa shape index (κ3) is 11.0. The van der Waals surface area contributed by atoms with Gasteiger partial charge in [-0.2, -0.15) is 0 Å². The van der Waals surface area contributed by atoms with Gasteiger partial charge in [0.25, 0.3) is 23.6 Å². The molecule has 1 fully saturated rings. The van der Waals surface area contributed by atoms with Crippen molar-refractivity contribution in [1.29, 1.82) is 0 Å². The van der Waals surface area contributed by atoms with Crippen LogP contribution in [-0.4, -0.2) is 118 Å². The fraction of sp³-hybridized carbons (Fsp3) is 0.246. The standard InChI is InChI=1S/C31H33N5O2S.C30H29N5O2S/c1-5-36(6-2)15-14-32-30(38)28-19(3)26(33-20(28)4)17-24-23-16-22(12-13-25(23)34-29(24)37)27-18-39-31(35-27)21-10-8-7-9-11-21;1-18-25(31-19(2)27(18)30(37)35-13-11-34(3)12-14-35)16-23-22-15-21(9-10-24(22)32-28(23)36)26-17-38-29(33-26)20-7-5-4-6-8-20/h7-13,16-18,33H,5-6,14-15H2,1-4H3,(H,32,38)(H,34,37);4-10,15-17,31H,11-14H2,1-3H3,(H,32,36)/b24-17-;23-16-. The van der Waals surface area contributed by atoms with E-state index < -0.39 is 0 Å². The Morgan fingerprint density at radius 2 is 1.10 bits per heavy atom. The quantitative estimate of drug-likeness (QED) is 0.0710. The van der Waals surface area contributed by atoms with Gasteiger partial charge in [-0.25, -0.2) is 9.97 Å². The topological polar surface area (TPSA) is 171 Å². The highest BCUT2D eigenvalue weighted by Crippen LogP contribution is 2.40. The second kappa shape index (κ2) is 22.7. The molecule has 77 heavy (non-hydrogen) atoms. The Morgan fingerprint density at radius 3 is 1.58 bits per heavy atom. The van der Waals surface area contributed by atoms with Gasteiger partial charge < -0.3 is 40.6 Å². The molecule has 3 aliphatic rings. The number of benzene rings is 4. The van der Waals surface area contributed by atoms with Crippen LogP contribution in [0.15, 0.2) is 108 Å². The molecule has 0 radical (unpaired) electrons. The number of fused-ring (bicyclic) bond motifs is 2. The van der Waals surface area contributed by atoms with Crippen molar-refractivity contribution >= 4 is 81.0 Å². The van der Waals surface area contributed by atoms with Crippen LogP contribution >= 0.6 is 22.7 Å². The normalized spacial score (nSPS) is 15.1. The summed E-state index contributed by atoms with van der Waals surface area (Å²) in [6.07, 6.45) is 3.71. The van der Waals surface area contributed by atoms with Crippen LogP contribution in [0.5, 0.6) is 0 Å². The van der Waals surface area contributed by atoms with E-state index in [2.05, 4.69) is 80.9 Å². The number of likely N-dealkylation sites (N-methyl/N-ethyl adjacent to an activating group) is 2. The van der Waals surface area contributed by atoms with E-state index >= 15 is 0 Å². The minimum Gasteiger partial charge on any atom is -0.358 e. The molecule has 0 bridgehead atoms. The van der Waals surface area contributed by atoms with Gasteiger partial charge in [0.05, 0.1) is 33.7 Å². The molecular formula is C61H62N10O4S2. The van der Waals surface area contributed by atoms with Crippen molar-refractivity contribution < 1.29 is 19.2 Å². The molecule has 14 nitrogen and oxygen atoms in total. The van der Waals surface area contributed by atoms with E-state index in [0.29, 0.717) is 28.8 Å². The maximum absolute atomic E-state index is 13.3. The lowest BCUT2D eigenvalue weighted by Gasteiger charge is -2.32. The van der Waals surface area contributed by atoms with Crippen molar-refractivity contribution in [2.45, 2.75) is 41.5 Å². The molecule has 4 amide bonds. The molecule has 0 spiro atoms. The number of anilines is 2. The number of hydrogen-bond donors (Lipinski definition) is 5. The van der Waals surface area contributed by atoms with Gasteiger partial charge in [0, 0.05) is 118 Å². The van der Waals surface area contributed by atoms with E-state index in [4.69, 9.17) is 9.97 Å². The number of rotatable bonds is 13. The first-order chi connectivity index (χ1) is 37.3. The van der Waals surface area contributed by atoms with Crippen LogP contribution < -0.4 is 16.0 Å². The molecule has 11 rings (SSSR count). The smallest absolute Gasteiger partial charge is 0.256 e. The average molecular weight is 1060 g/mol. The van der Waals surface area contributed by atoms with Crippen LogP contribution in [0.1, 0.15) is 79.6 Å². The van der Waals surface area contributed by atoms with E-state index in [-0.39, 0.29) is 23.6 Å². The number of H-pyrrole nitrogens is 2. The summed E-state index contributed by atoms with van der Waals surface area (Å²) in [6, 6.07) is 32.1. The van der Waals surface area contributed by atoms with Crippen molar-refractivity contribution in [3.8, 4) is 43.7 Å². The van der Waals surface area contributed by atoms with Crippen molar-refractivity contribution in [2.75, 3.05) is 70.0 Å². The van der Waals surface area contributed by atoms with Gasteiger partial charge in [-0.1, -0.05) is 86.6 Å². The van der Waals surface area contributed by atoms with Crippen LogP contribution in [0.25, 0.3) is 67.0 Å². The molecular weight excluding hydrogens is 1000 g/mol. The Kier molecular flexibility index (Phi) is 15.4. The molecule has 1 saturated heterocycles. The highest BCUT2D eigenvalue weighted by molar-refractivity contribution is 7.13. The van der Waals surface area contributed by atoms with E-state index in [0.717, 1.165) is 146 Å². The summed E-state index contributed by atoms with van der Waals surface area (Å²) in [6.45, 7) is 18.4. The van der Waals surface area contributed by atoms with Gasteiger partial charge in [-0.05, 0) is 95.4 Å². The highest BCUT2D eigenvalue weighted by Gasteiger charge is 2.30. The number of carbonyl (C=O) groups excluding carboxylic acids is 4. The molecule has 5 N–H and O–H groups in total. The summed E-state index contributed by atoms with van der Waals surface area (Å²) in [5.41, 5.74) is 16.3. The SMILES string of the molecule is CCN(CC)CCNC(=O)c1c(C)[nH]c(/C=C2\C(=O)Nc3ccc(-c4csc(-c5ccccc5)n4)cc32)c1C.Cc1[nH]c(/C=C2\C(=O)Nc3ccc(-c4csc(-c5ccccc5)n4)cc32)c(C)c1C(=O)N1CCN(C)CC1. The van der Waals surface area contributed by atoms with E-state index in [1.165, 1.54) is 0 Å². The Bertz CT molecular complexity index is 3590. The molecule has 0 atom stereocenters. The van der Waals surface area contributed by atoms with Gasteiger partial charge in [0.1, 0.15) is 10.0 Å². The van der Waals surface area contributed by atoms with Gasteiger partial charge in [0.15, 0.2) is 0 Å². The zero-order valence-corrected chi connectivity index (χ0v) is 46.0.